The zero-order valence-corrected chi connectivity index (χ0v) is 7.19. The first-order valence-corrected chi connectivity index (χ1v) is 3.91. The molecule has 5 heteroatoms. The van der Waals surface area contributed by atoms with Gasteiger partial charge in [-0.25, -0.2) is 0 Å². The zero-order valence-electron chi connectivity index (χ0n) is 7.19. The van der Waals surface area contributed by atoms with Gasteiger partial charge in [-0.1, -0.05) is 6.92 Å². The molecule has 1 rings (SSSR count). The lowest BCUT2D eigenvalue weighted by Crippen LogP contribution is -2.23. The molecule has 0 radical (unpaired) electrons. The number of nitrogens with zero attached hydrogens (tertiary/aromatic N) is 2. The lowest BCUT2D eigenvalue weighted by atomic mass is 10.2. The number of nitrogens with two attached hydrogens (primary N) is 1. The van der Waals surface area contributed by atoms with Crippen molar-refractivity contribution < 1.29 is 9.52 Å². The second-order valence-corrected chi connectivity index (χ2v) is 2.65. The summed E-state index contributed by atoms with van der Waals surface area (Å²) in [5, 5.41) is 16.5. The van der Waals surface area contributed by atoms with E-state index in [9.17, 15) is 0 Å². The van der Waals surface area contributed by atoms with Crippen molar-refractivity contribution in [3.63, 3.8) is 0 Å². The summed E-state index contributed by atoms with van der Waals surface area (Å²) in [6.07, 6.45) is 0.00894. The van der Waals surface area contributed by atoms with Gasteiger partial charge >= 0.3 is 0 Å². The highest BCUT2D eigenvalue weighted by molar-refractivity contribution is 4.90. The lowest BCUT2D eigenvalue weighted by molar-refractivity contribution is 0.150. The second kappa shape index (κ2) is 3.64. The van der Waals surface area contributed by atoms with Gasteiger partial charge in [-0.2, -0.15) is 0 Å². The van der Waals surface area contributed by atoms with E-state index >= 15 is 0 Å². The monoisotopic (exact) mass is 171 g/mol. The summed E-state index contributed by atoms with van der Waals surface area (Å²) in [4.78, 5) is 0. The van der Waals surface area contributed by atoms with E-state index in [1.807, 2.05) is 6.92 Å². The summed E-state index contributed by atoms with van der Waals surface area (Å²) in [6, 6.07) is -0.585. The van der Waals surface area contributed by atoms with Crippen LogP contribution in [0.15, 0.2) is 4.42 Å². The van der Waals surface area contributed by atoms with Crippen LogP contribution in [0.25, 0.3) is 0 Å². The molecule has 0 unspecified atom stereocenters. The highest BCUT2D eigenvalue weighted by atomic mass is 16.4. The van der Waals surface area contributed by atoms with Crippen molar-refractivity contribution in [1.82, 2.24) is 10.2 Å². The molecule has 0 bridgehead atoms. The van der Waals surface area contributed by atoms with E-state index in [0.29, 0.717) is 18.2 Å². The van der Waals surface area contributed by atoms with Gasteiger partial charge in [-0.05, 0) is 6.92 Å². The van der Waals surface area contributed by atoms with Crippen molar-refractivity contribution in [2.24, 2.45) is 5.73 Å². The predicted octanol–water partition coefficient (Wildman–Crippen LogP) is 0.0126. The van der Waals surface area contributed by atoms with Crippen LogP contribution in [-0.2, 0) is 6.42 Å². The van der Waals surface area contributed by atoms with Crippen LogP contribution in [0, 0.1) is 0 Å². The Balaban J connectivity index is 2.74. The van der Waals surface area contributed by atoms with Crippen molar-refractivity contribution in [1.29, 1.82) is 0 Å². The van der Waals surface area contributed by atoms with E-state index in [1.165, 1.54) is 0 Å². The van der Waals surface area contributed by atoms with E-state index in [2.05, 4.69) is 10.2 Å². The molecule has 68 valence electrons. The molecule has 5 nitrogen and oxygen atoms in total. The minimum Gasteiger partial charge on any atom is -0.423 e. The molecule has 12 heavy (non-hydrogen) atoms. The minimum atomic E-state index is -0.671. The molecular formula is C7H13N3O2. The third-order valence-corrected chi connectivity index (χ3v) is 1.59. The molecular weight excluding hydrogens is 158 g/mol. The Bertz CT molecular complexity index is 247. The summed E-state index contributed by atoms with van der Waals surface area (Å²) < 4.78 is 5.15. The first kappa shape index (κ1) is 9.15. The van der Waals surface area contributed by atoms with E-state index < -0.39 is 12.1 Å². The van der Waals surface area contributed by atoms with Gasteiger partial charge in [-0.3, -0.25) is 0 Å². The summed E-state index contributed by atoms with van der Waals surface area (Å²) in [5.74, 6) is 0.836. The molecule has 0 aliphatic carbocycles. The highest BCUT2D eigenvalue weighted by Crippen LogP contribution is 2.12. The summed E-state index contributed by atoms with van der Waals surface area (Å²) in [5.41, 5.74) is 5.56. The van der Waals surface area contributed by atoms with Crippen LogP contribution in [0.3, 0.4) is 0 Å². The number of aliphatic hydroxyl groups excluding tert-OH is 1. The molecule has 0 saturated carbocycles. The number of aliphatic hydroxyl groups is 1. The first-order valence-electron chi connectivity index (χ1n) is 3.91. The van der Waals surface area contributed by atoms with Gasteiger partial charge in [0.15, 0.2) is 0 Å². The summed E-state index contributed by atoms with van der Waals surface area (Å²) in [6.45, 7) is 3.49. The van der Waals surface area contributed by atoms with Crippen molar-refractivity contribution in [3.8, 4) is 0 Å². The van der Waals surface area contributed by atoms with Gasteiger partial charge in [0.1, 0.15) is 6.04 Å². The molecule has 0 aromatic carbocycles. The molecule has 2 atom stereocenters. The molecule has 0 saturated heterocycles. The maximum atomic E-state index is 9.10. The smallest absolute Gasteiger partial charge is 0.235 e. The Hall–Kier alpha value is -0.940. The maximum Gasteiger partial charge on any atom is 0.235 e. The topological polar surface area (TPSA) is 85.2 Å². The van der Waals surface area contributed by atoms with Gasteiger partial charge in [0.05, 0.1) is 6.10 Å². The largest absolute Gasteiger partial charge is 0.423 e. The molecule has 0 fully saturated rings. The Labute approximate surface area is 70.6 Å². The van der Waals surface area contributed by atoms with Crippen molar-refractivity contribution in [2.75, 3.05) is 0 Å². The van der Waals surface area contributed by atoms with Crippen LogP contribution in [-0.4, -0.2) is 21.4 Å². The van der Waals surface area contributed by atoms with Crippen LogP contribution >= 0.6 is 0 Å². The van der Waals surface area contributed by atoms with Crippen LogP contribution < -0.4 is 5.73 Å². The second-order valence-electron chi connectivity index (χ2n) is 2.65. The zero-order chi connectivity index (χ0) is 9.14. The van der Waals surface area contributed by atoms with Crippen LogP contribution in [0.2, 0.25) is 0 Å². The molecule has 1 aromatic heterocycles. The molecule has 1 heterocycles. The third-order valence-electron chi connectivity index (χ3n) is 1.59. The first-order chi connectivity index (χ1) is 5.65. The SMILES string of the molecule is CCc1nnc([C@H](N)[C@H](C)O)o1. The predicted molar refractivity (Wildman–Crippen MR) is 42.3 cm³/mol. The number of aromatic nitrogens is 2. The van der Waals surface area contributed by atoms with Crippen molar-refractivity contribution in [3.05, 3.63) is 11.8 Å². The number of hydrogen-bond acceptors (Lipinski definition) is 5. The minimum absolute atomic E-state index is 0.293. The third kappa shape index (κ3) is 1.80. The van der Waals surface area contributed by atoms with E-state index in [0.717, 1.165) is 0 Å². The maximum absolute atomic E-state index is 9.10. The molecule has 3 N–H and O–H groups in total. The van der Waals surface area contributed by atoms with Gasteiger partial charge in [0.25, 0.3) is 0 Å². The summed E-state index contributed by atoms with van der Waals surface area (Å²) in [7, 11) is 0. The average Bonchev–Trinajstić information content (AvgIpc) is 2.50. The Kier molecular flexibility index (Phi) is 2.78. The Morgan fingerprint density at radius 1 is 1.58 bits per heavy atom. The van der Waals surface area contributed by atoms with E-state index in [4.69, 9.17) is 15.3 Å². The fourth-order valence-electron chi connectivity index (χ4n) is 0.751. The Morgan fingerprint density at radius 2 is 2.25 bits per heavy atom. The normalized spacial score (nSPS) is 16.0. The highest BCUT2D eigenvalue weighted by Gasteiger charge is 2.18. The van der Waals surface area contributed by atoms with Gasteiger partial charge in [0.2, 0.25) is 11.8 Å². The quantitative estimate of drug-likeness (QED) is 0.669. The number of aryl methyl sites for hydroxylation is 1. The van der Waals surface area contributed by atoms with Gasteiger partial charge in [0, 0.05) is 6.42 Å². The molecule has 0 amide bonds. The van der Waals surface area contributed by atoms with E-state index in [1.54, 1.807) is 6.92 Å². The van der Waals surface area contributed by atoms with Crippen molar-refractivity contribution >= 4 is 0 Å². The van der Waals surface area contributed by atoms with Crippen LogP contribution in [0.5, 0.6) is 0 Å². The standard InChI is InChI=1S/C7H13N3O2/c1-3-5-9-10-7(12-5)6(8)4(2)11/h4,6,11H,3,8H2,1-2H3/t4-,6+/m0/s1. The molecule has 1 aromatic rings. The van der Waals surface area contributed by atoms with Gasteiger partial charge < -0.3 is 15.3 Å². The Morgan fingerprint density at radius 3 is 2.67 bits per heavy atom. The lowest BCUT2D eigenvalue weighted by Gasteiger charge is -2.08. The van der Waals surface area contributed by atoms with E-state index in [-0.39, 0.29) is 0 Å². The van der Waals surface area contributed by atoms with Gasteiger partial charge in [-0.15, -0.1) is 10.2 Å². The molecule has 0 aliphatic rings. The molecule has 0 aliphatic heterocycles. The summed E-state index contributed by atoms with van der Waals surface area (Å²) >= 11 is 0. The number of hydrogen-bond donors (Lipinski definition) is 2. The fourth-order valence-corrected chi connectivity index (χ4v) is 0.751. The molecule has 0 spiro atoms. The fraction of sp³-hybridized carbons (Fsp3) is 0.714. The number of rotatable bonds is 3. The van der Waals surface area contributed by atoms with Crippen molar-refractivity contribution in [2.45, 2.75) is 32.4 Å². The van der Waals surface area contributed by atoms with Crippen LogP contribution in [0.1, 0.15) is 31.7 Å². The average molecular weight is 171 g/mol. The van der Waals surface area contributed by atoms with Crippen LogP contribution in [0.4, 0.5) is 0 Å².